The molecule has 4 amide bonds. The topological polar surface area (TPSA) is 102 Å². The fourth-order valence-corrected chi connectivity index (χ4v) is 3.21. The zero-order valence-electron chi connectivity index (χ0n) is 11.8. The summed E-state index contributed by atoms with van der Waals surface area (Å²) >= 11 is 0. The van der Waals surface area contributed by atoms with Crippen LogP contribution in [-0.2, 0) is 4.79 Å². The maximum Gasteiger partial charge on any atom is 0.317 e. The Hall–Kier alpha value is -1.99. The van der Waals surface area contributed by atoms with Crippen molar-refractivity contribution in [3.8, 4) is 0 Å². The molecule has 2 heterocycles. The number of urea groups is 2. The van der Waals surface area contributed by atoms with E-state index in [1.165, 1.54) is 0 Å². The highest BCUT2D eigenvalue weighted by molar-refractivity contribution is 5.80. The Bertz CT molecular complexity index is 477. The lowest BCUT2D eigenvalue weighted by Gasteiger charge is -2.40. The third-order valence-electron chi connectivity index (χ3n) is 4.86. The molecule has 3 aliphatic rings. The molecule has 0 aromatic carbocycles. The maximum atomic E-state index is 12.2. The summed E-state index contributed by atoms with van der Waals surface area (Å²) in [7, 11) is 0. The van der Waals surface area contributed by atoms with E-state index in [0.717, 1.165) is 6.42 Å². The lowest BCUT2D eigenvalue weighted by molar-refractivity contribution is -0.153. The number of aliphatic carboxylic acids is 1. The fraction of sp³-hybridized carbons (Fsp3) is 0.769. The Balaban J connectivity index is 1.52. The average Bonchev–Trinajstić information content (AvgIpc) is 2.78. The fourth-order valence-electron chi connectivity index (χ4n) is 3.21. The van der Waals surface area contributed by atoms with Crippen LogP contribution >= 0.6 is 0 Å². The second-order valence-electron chi connectivity index (χ2n) is 6.08. The summed E-state index contributed by atoms with van der Waals surface area (Å²) in [4.78, 5) is 38.3. The van der Waals surface area contributed by atoms with Gasteiger partial charge >= 0.3 is 18.0 Å². The highest BCUT2D eigenvalue weighted by Crippen LogP contribution is 2.40. The molecule has 0 aromatic heterocycles. The largest absolute Gasteiger partial charge is 0.481 e. The molecule has 3 N–H and O–H groups in total. The molecular formula is C13H20N4O4. The van der Waals surface area contributed by atoms with Crippen molar-refractivity contribution < 1.29 is 19.5 Å². The van der Waals surface area contributed by atoms with Crippen molar-refractivity contribution in [2.45, 2.75) is 25.3 Å². The monoisotopic (exact) mass is 296 g/mol. The number of nitrogens with zero attached hydrogens (tertiary/aromatic N) is 2. The van der Waals surface area contributed by atoms with Crippen LogP contribution in [0.4, 0.5) is 9.59 Å². The summed E-state index contributed by atoms with van der Waals surface area (Å²) in [5.74, 6) is -0.829. The Morgan fingerprint density at radius 2 is 2.14 bits per heavy atom. The number of nitrogens with one attached hydrogen (secondary N) is 2. The number of carbonyl (C=O) groups is 3. The smallest absolute Gasteiger partial charge is 0.317 e. The normalized spacial score (nSPS) is 26.7. The number of hydrogen-bond acceptors (Lipinski definition) is 3. The Kier molecular flexibility index (Phi) is 3.38. The van der Waals surface area contributed by atoms with Crippen LogP contribution in [-0.4, -0.2) is 71.7 Å². The molecule has 1 aliphatic carbocycles. The average molecular weight is 296 g/mol. The summed E-state index contributed by atoms with van der Waals surface area (Å²) in [6, 6.07) is -0.282. The first kappa shape index (κ1) is 14.0. The molecule has 1 unspecified atom stereocenters. The van der Waals surface area contributed by atoms with Crippen molar-refractivity contribution >= 4 is 18.0 Å². The maximum absolute atomic E-state index is 12.2. The molecule has 0 aromatic rings. The molecule has 0 spiro atoms. The van der Waals surface area contributed by atoms with Crippen LogP contribution in [0.5, 0.6) is 0 Å². The molecule has 8 nitrogen and oxygen atoms in total. The SMILES string of the molecule is O=C(NCC1(C(=O)O)CCC1)N1CCN2C(=O)NCC2C1. The molecule has 1 saturated carbocycles. The summed E-state index contributed by atoms with van der Waals surface area (Å²) in [5, 5.41) is 14.8. The zero-order chi connectivity index (χ0) is 15.0. The van der Waals surface area contributed by atoms with Crippen molar-refractivity contribution in [2.24, 2.45) is 5.41 Å². The summed E-state index contributed by atoms with van der Waals surface area (Å²) < 4.78 is 0. The molecule has 3 rings (SSSR count). The van der Waals surface area contributed by atoms with Gasteiger partial charge in [0.1, 0.15) is 0 Å². The number of carboxylic acids is 1. The van der Waals surface area contributed by atoms with E-state index < -0.39 is 11.4 Å². The predicted molar refractivity (Wildman–Crippen MR) is 72.8 cm³/mol. The third-order valence-corrected chi connectivity index (χ3v) is 4.86. The molecule has 3 fully saturated rings. The molecule has 2 aliphatic heterocycles. The van der Waals surface area contributed by atoms with Gasteiger partial charge in [-0.05, 0) is 12.8 Å². The summed E-state index contributed by atoms with van der Waals surface area (Å²) in [6.07, 6.45) is 2.14. The second kappa shape index (κ2) is 5.09. The molecular weight excluding hydrogens is 276 g/mol. The van der Waals surface area contributed by atoms with Crippen LogP contribution in [0, 0.1) is 5.41 Å². The first-order valence-corrected chi connectivity index (χ1v) is 7.32. The van der Waals surface area contributed by atoms with Crippen LogP contribution < -0.4 is 10.6 Å². The van der Waals surface area contributed by atoms with Gasteiger partial charge in [0.05, 0.1) is 11.5 Å². The van der Waals surface area contributed by atoms with E-state index in [2.05, 4.69) is 10.6 Å². The van der Waals surface area contributed by atoms with E-state index in [0.29, 0.717) is 39.0 Å². The van der Waals surface area contributed by atoms with Crippen molar-refractivity contribution in [3.05, 3.63) is 0 Å². The first-order chi connectivity index (χ1) is 10.0. The second-order valence-corrected chi connectivity index (χ2v) is 6.08. The minimum atomic E-state index is -0.829. The van der Waals surface area contributed by atoms with Crippen LogP contribution in [0.3, 0.4) is 0 Å². The van der Waals surface area contributed by atoms with E-state index in [1.807, 2.05) is 0 Å². The van der Waals surface area contributed by atoms with Crippen molar-refractivity contribution in [1.82, 2.24) is 20.4 Å². The van der Waals surface area contributed by atoms with Gasteiger partial charge in [0.2, 0.25) is 0 Å². The Morgan fingerprint density at radius 3 is 2.76 bits per heavy atom. The number of carboxylic acid groups (broad SMARTS) is 1. The molecule has 0 bridgehead atoms. The third kappa shape index (κ3) is 2.38. The van der Waals surface area contributed by atoms with Crippen molar-refractivity contribution in [2.75, 3.05) is 32.7 Å². The van der Waals surface area contributed by atoms with Gasteiger partial charge < -0.3 is 25.5 Å². The number of rotatable bonds is 3. The number of carbonyl (C=O) groups excluding carboxylic acids is 2. The van der Waals surface area contributed by atoms with Crippen LogP contribution in [0.2, 0.25) is 0 Å². The lowest BCUT2D eigenvalue weighted by Crippen LogP contribution is -2.57. The van der Waals surface area contributed by atoms with Crippen LogP contribution in [0.15, 0.2) is 0 Å². The minimum absolute atomic E-state index is 0.0223. The van der Waals surface area contributed by atoms with E-state index in [4.69, 9.17) is 0 Å². The number of amides is 4. The van der Waals surface area contributed by atoms with Crippen molar-refractivity contribution in [1.29, 1.82) is 0 Å². The number of fused-ring (bicyclic) bond motifs is 1. The van der Waals surface area contributed by atoms with Gasteiger partial charge in [-0.1, -0.05) is 6.42 Å². The van der Waals surface area contributed by atoms with Gasteiger partial charge in [-0.3, -0.25) is 4.79 Å². The zero-order valence-corrected chi connectivity index (χ0v) is 11.8. The van der Waals surface area contributed by atoms with E-state index in [1.54, 1.807) is 9.80 Å². The van der Waals surface area contributed by atoms with Gasteiger partial charge in [-0.2, -0.15) is 0 Å². The Labute approximate surface area is 122 Å². The molecule has 1 atom stereocenters. The van der Waals surface area contributed by atoms with Gasteiger partial charge in [-0.25, -0.2) is 9.59 Å². The standard InChI is InChI=1S/C13H20N4O4/c18-10(19)13(2-1-3-13)8-15-11(20)16-4-5-17-9(7-16)6-14-12(17)21/h9H,1-8H2,(H,14,21)(H,15,20)(H,18,19). The van der Waals surface area contributed by atoms with E-state index in [9.17, 15) is 19.5 Å². The lowest BCUT2D eigenvalue weighted by atomic mass is 9.69. The molecule has 0 radical (unpaired) electrons. The van der Waals surface area contributed by atoms with Gasteiger partial charge in [-0.15, -0.1) is 0 Å². The summed E-state index contributed by atoms with van der Waals surface area (Å²) in [5.41, 5.74) is -0.775. The predicted octanol–water partition coefficient (Wildman–Crippen LogP) is -0.340. The number of hydrogen-bond donors (Lipinski definition) is 3. The minimum Gasteiger partial charge on any atom is -0.481 e. The quantitative estimate of drug-likeness (QED) is 0.663. The first-order valence-electron chi connectivity index (χ1n) is 7.32. The van der Waals surface area contributed by atoms with Gasteiger partial charge in [0.25, 0.3) is 0 Å². The highest BCUT2D eigenvalue weighted by Gasteiger charge is 2.45. The highest BCUT2D eigenvalue weighted by atomic mass is 16.4. The molecule has 2 saturated heterocycles. The van der Waals surface area contributed by atoms with Crippen LogP contribution in [0.25, 0.3) is 0 Å². The molecule has 116 valence electrons. The van der Waals surface area contributed by atoms with Gasteiger partial charge in [0.15, 0.2) is 0 Å². The Morgan fingerprint density at radius 1 is 1.38 bits per heavy atom. The van der Waals surface area contributed by atoms with E-state index in [-0.39, 0.29) is 24.6 Å². The van der Waals surface area contributed by atoms with Gasteiger partial charge in [0, 0.05) is 32.7 Å². The van der Waals surface area contributed by atoms with Crippen molar-refractivity contribution in [3.63, 3.8) is 0 Å². The number of piperazine rings is 1. The van der Waals surface area contributed by atoms with Crippen LogP contribution in [0.1, 0.15) is 19.3 Å². The summed E-state index contributed by atoms with van der Waals surface area (Å²) in [6.45, 7) is 2.24. The molecule has 8 heteroatoms. The van der Waals surface area contributed by atoms with E-state index >= 15 is 0 Å². The molecule has 21 heavy (non-hydrogen) atoms.